The Balaban J connectivity index is 0.000000171. The molecule has 42 heavy (non-hydrogen) atoms. The Labute approximate surface area is 237 Å². The van der Waals surface area contributed by atoms with Crippen LogP contribution in [-0.2, 0) is 0 Å². The van der Waals surface area contributed by atoms with E-state index in [-0.39, 0.29) is 44.8 Å². The summed E-state index contributed by atoms with van der Waals surface area (Å²) in [6.45, 7) is 0. The van der Waals surface area contributed by atoms with Crippen molar-refractivity contribution in [1.82, 2.24) is 0 Å². The molecule has 212 valence electrons. The van der Waals surface area contributed by atoms with Crippen molar-refractivity contribution in [2.75, 3.05) is 14.2 Å². The fraction of sp³-hybridized carbons (Fsp3) is 0.0625. The van der Waals surface area contributed by atoms with E-state index in [0.717, 1.165) is 0 Å². The van der Waals surface area contributed by atoms with Crippen molar-refractivity contribution in [3.8, 4) is 57.1 Å². The van der Waals surface area contributed by atoms with Crippen LogP contribution in [0.15, 0.2) is 103 Å². The summed E-state index contributed by atoms with van der Waals surface area (Å²) in [6, 6.07) is 21.1. The molecular weight excluding hydrogens is 544 g/mol. The van der Waals surface area contributed by atoms with E-state index >= 15 is 0 Å². The lowest BCUT2D eigenvalue weighted by molar-refractivity contribution is 0.355. The smallest absolute Gasteiger partial charge is 0.201 e. The van der Waals surface area contributed by atoms with E-state index in [0.29, 0.717) is 39.4 Å². The van der Waals surface area contributed by atoms with Gasteiger partial charge in [-0.25, -0.2) is 0 Å². The molecule has 0 fully saturated rings. The first-order chi connectivity index (χ1) is 20.2. The van der Waals surface area contributed by atoms with Crippen LogP contribution >= 0.6 is 0 Å². The number of fused-ring (bicyclic) bond motifs is 2. The Morgan fingerprint density at radius 1 is 0.571 bits per heavy atom. The standard InChI is InChI=1S/C17H14O6.C15H10O4/c1-21-13-6-3-9(7-15(13)22-2)14-8-12(19)10-4-5-11(18)16(20)17(10)23-14;16-10-3-1-9(2-4-10)14-8-13(18)12-6-5-11(17)7-15(12)19-14/h3-8,18,20H,1-2H3;1-8,16-17H. The van der Waals surface area contributed by atoms with Crippen LogP contribution in [0.5, 0.6) is 34.5 Å². The lowest BCUT2D eigenvalue weighted by Crippen LogP contribution is -2.00. The Morgan fingerprint density at radius 2 is 1.17 bits per heavy atom. The highest BCUT2D eigenvalue weighted by atomic mass is 16.5. The summed E-state index contributed by atoms with van der Waals surface area (Å²) in [7, 11) is 3.02. The molecule has 4 N–H and O–H groups in total. The van der Waals surface area contributed by atoms with Gasteiger partial charge in [0.1, 0.15) is 28.6 Å². The Morgan fingerprint density at radius 3 is 1.86 bits per heavy atom. The van der Waals surface area contributed by atoms with Crippen LogP contribution in [0.3, 0.4) is 0 Å². The SMILES string of the molecule is COc1ccc(-c2cc(=O)c3ccc(O)c(O)c3o2)cc1OC.O=c1cc(-c2ccc(O)cc2)oc2cc(O)ccc12. The quantitative estimate of drug-likeness (QED) is 0.193. The molecule has 6 rings (SSSR count). The van der Waals surface area contributed by atoms with Gasteiger partial charge in [0.15, 0.2) is 33.7 Å². The highest BCUT2D eigenvalue weighted by Crippen LogP contribution is 2.36. The van der Waals surface area contributed by atoms with Gasteiger partial charge in [0.05, 0.1) is 25.0 Å². The first-order valence-electron chi connectivity index (χ1n) is 12.5. The molecule has 0 spiro atoms. The number of phenols is 4. The van der Waals surface area contributed by atoms with Gasteiger partial charge >= 0.3 is 0 Å². The van der Waals surface area contributed by atoms with Crippen molar-refractivity contribution in [3.05, 3.63) is 105 Å². The molecule has 0 saturated carbocycles. The Kier molecular flexibility index (Phi) is 7.44. The van der Waals surface area contributed by atoms with E-state index in [1.807, 2.05) is 0 Å². The number of aromatic hydroxyl groups is 4. The van der Waals surface area contributed by atoms with Crippen LogP contribution < -0.4 is 20.3 Å². The summed E-state index contributed by atoms with van der Waals surface area (Å²) in [5, 5.41) is 38.7. The van der Waals surface area contributed by atoms with Gasteiger partial charge in [0.25, 0.3) is 0 Å². The van der Waals surface area contributed by atoms with Gasteiger partial charge < -0.3 is 38.7 Å². The molecule has 0 bridgehead atoms. The number of rotatable bonds is 4. The number of benzene rings is 4. The highest BCUT2D eigenvalue weighted by molar-refractivity contribution is 5.86. The average Bonchev–Trinajstić information content (AvgIpc) is 2.99. The Bertz CT molecular complexity index is 2040. The number of phenolic OH excluding ortho intramolecular Hbond substituents is 4. The van der Waals surface area contributed by atoms with Crippen molar-refractivity contribution in [1.29, 1.82) is 0 Å². The zero-order valence-corrected chi connectivity index (χ0v) is 22.3. The molecule has 0 aliphatic carbocycles. The van der Waals surface area contributed by atoms with Gasteiger partial charge in [0.2, 0.25) is 5.75 Å². The fourth-order valence-corrected chi connectivity index (χ4v) is 4.24. The van der Waals surface area contributed by atoms with E-state index in [4.69, 9.17) is 18.3 Å². The van der Waals surface area contributed by atoms with Gasteiger partial charge in [-0.3, -0.25) is 9.59 Å². The van der Waals surface area contributed by atoms with Crippen molar-refractivity contribution >= 4 is 21.9 Å². The first-order valence-corrected chi connectivity index (χ1v) is 12.5. The molecule has 0 aliphatic rings. The highest BCUT2D eigenvalue weighted by Gasteiger charge is 2.15. The van der Waals surface area contributed by atoms with Gasteiger partial charge in [-0.05, 0) is 66.7 Å². The van der Waals surface area contributed by atoms with Crippen molar-refractivity contribution in [3.63, 3.8) is 0 Å². The van der Waals surface area contributed by atoms with Crippen LogP contribution in [0.4, 0.5) is 0 Å². The normalized spacial score (nSPS) is 10.7. The average molecular weight is 569 g/mol. The van der Waals surface area contributed by atoms with Gasteiger partial charge in [-0.1, -0.05) is 0 Å². The summed E-state index contributed by atoms with van der Waals surface area (Å²) in [4.78, 5) is 24.2. The molecule has 10 nitrogen and oxygen atoms in total. The van der Waals surface area contributed by atoms with E-state index in [1.54, 1.807) is 30.3 Å². The van der Waals surface area contributed by atoms with Gasteiger partial charge in [0, 0.05) is 29.3 Å². The van der Waals surface area contributed by atoms with Gasteiger partial charge in [-0.2, -0.15) is 0 Å². The predicted octanol–water partition coefficient (Wildman–Crippen LogP) is 5.76. The minimum atomic E-state index is -0.470. The number of hydrogen-bond acceptors (Lipinski definition) is 10. The topological polar surface area (TPSA) is 160 Å². The molecule has 2 heterocycles. The van der Waals surface area contributed by atoms with Crippen LogP contribution in [0.2, 0.25) is 0 Å². The van der Waals surface area contributed by atoms with Crippen LogP contribution in [0, 0.1) is 0 Å². The molecule has 6 aromatic rings. The zero-order chi connectivity index (χ0) is 30.0. The summed E-state index contributed by atoms with van der Waals surface area (Å²) in [5.41, 5.74) is 1.01. The summed E-state index contributed by atoms with van der Waals surface area (Å²) in [5.74, 6) is 1.01. The second-order valence-electron chi connectivity index (χ2n) is 9.06. The third-order valence-corrected chi connectivity index (χ3v) is 6.38. The van der Waals surface area contributed by atoms with E-state index in [9.17, 15) is 30.0 Å². The maximum Gasteiger partial charge on any atom is 0.201 e. The van der Waals surface area contributed by atoms with Crippen molar-refractivity contribution < 1.29 is 38.7 Å². The molecule has 2 aromatic heterocycles. The molecule has 0 unspecified atom stereocenters. The third kappa shape index (κ3) is 5.41. The number of hydrogen-bond donors (Lipinski definition) is 4. The van der Waals surface area contributed by atoms with E-state index < -0.39 is 5.75 Å². The summed E-state index contributed by atoms with van der Waals surface area (Å²) < 4.78 is 21.6. The molecule has 4 aromatic carbocycles. The second-order valence-corrected chi connectivity index (χ2v) is 9.06. The second kappa shape index (κ2) is 11.3. The Hall–Kier alpha value is -5.90. The molecule has 0 amide bonds. The van der Waals surface area contributed by atoms with Crippen LogP contribution in [-0.4, -0.2) is 34.6 Å². The zero-order valence-electron chi connectivity index (χ0n) is 22.3. The summed E-state index contributed by atoms with van der Waals surface area (Å²) in [6.07, 6.45) is 0. The number of methoxy groups -OCH3 is 2. The molecule has 0 radical (unpaired) electrons. The fourth-order valence-electron chi connectivity index (χ4n) is 4.24. The maximum absolute atomic E-state index is 12.2. The monoisotopic (exact) mass is 568 g/mol. The number of ether oxygens (including phenoxy) is 2. The van der Waals surface area contributed by atoms with Crippen LogP contribution in [0.25, 0.3) is 44.6 Å². The summed E-state index contributed by atoms with van der Waals surface area (Å²) >= 11 is 0. The molecule has 0 saturated heterocycles. The predicted molar refractivity (Wildman–Crippen MR) is 156 cm³/mol. The minimum Gasteiger partial charge on any atom is -0.508 e. The van der Waals surface area contributed by atoms with Crippen molar-refractivity contribution in [2.45, 2.75) is 0 Å². The minimum absolute atomic E-state index is 0.0403. The maximum atomic E-state index is 12.2. The van der Waals surface area contributed by atoms with Crippen LogP contribution in [0.1, 0.15) is 0 Å². The third-order valence-electron chi connectivity index (χ3n) is 6.38. The lowest BCUT2D eigenvalue weighted by Gasteiger charge is -2.10. The molecule has 0 atom stereocenters. The molecule has 0 aliphatic heterocycles. The lowest BCUT2D eigenvalue weighted by atomic mass is 10.1. The van der Waals surface area contributed by atoms with Gasteiger partial charge in [-0.15, -0.1) is 0 Å². The molecular formula is C32H24O10. The largest absolute Gasteiger partial charge is 0.508 e. The van der Waals surface area contributed by atoms with E-state index in [1.165, 1.54) is 68.8 Å². The molecule has 10 heteroatoms. The first kappa shape index (κ1) is 27.7. The van der Waals surface area contributed by atoms with E-state index in [2.05, 4.69) is 0 Å². The van der Waals surface area contributed by atoms with Crippen molar-refractivity contribution in [2.24, 2.45) is 0 Å².